The quantitative estimate of drug-likeness (QED) is 0.0312. The fraction of sp³-hybridized carbons (Fsp3) is 0.479. The maximum absolute atomic E-state index is 14.4. The number of carbonyl (C=O) groups excluding carboxylic acids is 5. The predicted octanol–water partition coefficient (Wildman–Crippen LogP) is 2.45. The highest BCUT2D eigenvalue weighted by atomic mass is 32.2. The molecule has 0 bridgehead atoms. The van der Waals surface area contributed by atoms with Crippen molar-refractivity contribution in [2.75, 3.05) is 20.1 Å². The highest BCUT2D eigenvalue weighted by molar-refractivity contribution is 7.90. The van der Waals surface area contributed by atoms with E-state index >= 15 is 0 Å². The summed E-state index contributed by atoms with van der Waals surface area (Å²) in [6.07, 6.45) is 0.139. The maximum Gasteiger partial charge on any atom is 0.322 e. The van der Waals surface area contributed by atoms with Crippen LogP contribution in [0.5, 0.6) is 5.75 Å². The van der Waals surface area contributed by atoms with Crippen LogP contribution in [0.15, 0.2) is 70.6 Å². The third-order valence-corrected chi connectivity index (χ3v) is 13.1. The van der Waals surface area contributed by atoms with Crippen LogP contribution < -0.4 is 36.9 Å². The average molecular weight is 963 g/mol. The van der Waals surface area contributed by atoms with E-state index in [1.54, 1.807) is 75.4 Å². The Morgan fingerprint density at radius 2 is 1.49 bits per heavy atom. The normalized spacial score (nSPS) is 14.9. The fourth-order valence-corrected chi connectivity index (χ4v) is 9.40. The molecule has 1 aliphatic heterocycles. The number of carbonyl (C=O) groups is 6. The van der Waals surface area contributed by atoms with Crippen molar-refractivity contribution in [1.29, 1.82) is 0 Å². The number of guanidine groups is 1. The van der Waals surface area contributed by atoms with Gasteiger partial charge in [-0.2, -0.15) is 0 Å². The molecule has 0 aliphatic carbocycles. The first-order chi connectivity index (χ1) is 31.9. The molecule has 19 nitrogen and oxygen atoms in total. The lowest BCUT2D eigenvalue weighted by Crippen LogP contribution is -2.59. The van der Waals surface area contributed by atoms with Gasteiger partial charge in [-0.05, 0) is 87.6 Å². The molecule has 0 fully saturated rings. The zero-order valence-electron chi connectivity index (χ0n) is 40.0. The van der Waals surface area contributed by atoms with Gasteiger partial charge in [-0.25, -0.2) is 13.1 Å². The second-order valence-electron chi connectivity index (χ2n) is 18.0. The van der Waals surface area contributed by atoms with Gasteiger partial charge in [0.05, 0.1) is 17.4 Å². The Hall–Kier alpha value is -6.54. The lowest BCUT2D eigenvalue weighted by molar-refractivity contribution is -0.147. The number of hydrogen-bond acceptors (Lipinski definition) is 12. The lowest BCUT2D eigenvalue weighted by Gasteiger charge is -2.33. The maximum atomic E-state index is 14.4. The van der Waals surface area contributed by atoms with Crippen LogP contribution in [0.25, 0.3) is 0 Å². The summed E-state index contributed by atoms with van der Waals surface area (Å²) in [5.74, 6) is -4.99. The molecule has 4 rings (SSSR count). The number of amides is 4. The Bertz CT molecular complexity index is 2450. The number of carboxylic acid groups (broad SMARTS) is 1. The topological polar surface area (TPSA) is 291 Å². The van der Waals surface area contributed by atoms with Crippen LogP contribution in [0, 0.1) is 26.7 Å². The van der Waals surface area contributed by atoms with Crippen LogP contribution in [0.2, 0.25) is 0 Å². The van der Waals surface area contributed by atoms with E-state index in [9.17, 15) is 42.3 Å². The second-order valence-corrected chi connectivity index (χ2v) is 19.7. The molecule has 20 heteroatoms. The Labute approximate surface area is 398 Å². The zero-order chi connectivity index (χ0) is 50.5. The van der Waals surface area contributed by atoms with Gasteiger partial charge in [0.2, 0.25) is 29.6 Å². The first kappa shape index (κ1) is 54.1. The summed E-state index contributed by atoms with van der Waals surface area (Å²) >= 11 is 0. The summed E-state index contributed by atoms with van der Waals surface area (Å²) in [4.78, 5) is 84.8. The molecule has 0 saturated heterocycles. The second kappa shape index (κ2) is 24.0. The van der Waals surface area contributed by atoms with Crippen molar-refractivity contribution in [3.63, 3.8) is 0 Å². The number of aliphatic imine (C=N–C) groups is 1. The number of nitrogens with one attached hydrogen (secondary N) is 4. The first-order valence-electron chi connectivity index (χ1n) is 22.4. The molecule has 1 aliphatic rings. The molecule has 9 N–H and O–H groups in total. The number of aliphatic carboxylic acids is 1. The third-order valence-electron chi connectivity index (χ3n) is 11.5. The summed E-state index contributed by atoms with van der Waals surface area (Å²) in [7, 11) is -2.82. The standard InChI is InChI=1S/C48H66N8O11S/c1-28(2)22-38(56(8)46(63)37(23-32-16-11-9-12-17-32)54-43(60)35(49)24-40(59)66-27-33-18-13-10-14-19-33)45(62)53-36(44(61)52-26-39(57)58)20-15-21-51-47(50)55-68(64,65)42-30(4)29(3)41-34(31(42)5)25-48(6,7)67-41/h9-14,16-19,28,35-38H,15,20-27,49H2,1-8H3,(H,52,61)(H,53,62)(H,54,60)(H,57,58)(H3,50,51,55)/t35-,36-,37+,38-/m0/s1. The van der Waals surface area contributed by atoms with Gasteiger partial charge < -0.3 is 46.9 Å². The lowest BCUT2D eigenvalue weighted by atomic mass is 9.94. The van der Waals surface area contributed by atoms with Crippen LogP contribution in [0.3, 0.4) is 0 Å². The zero-order valence-corrected chi connectivity index (χ0v) is 40.8. The number of fused-ring (bicyclic) bond motifs is 1. The van der Waals surface area contributed by atoms with Crippen molar-refractivity contribution < 1.29 is 51.8 Å². The molecule has 0 saturated carbocycles. The minimum Gasteiger partial charge on any atom is -0.487 e. The smallest absolute Gasteiger partial charge is 0.322 e. The van der Waals surface area contributed by atoms with Gasteiger partial charge in [0.1, 0.15) is 42.6 Å². The summed E-state index contributed by atoms with van der Waals surface area (Å²) in [6.45, 7) is 11.9. The van der Waals surface area contributed by atoms with Crippen LogP contribution >= 0.6 is 0 Å². The van der Waals surface area contributed by atoms with E-state index in [1.807, 2.05) is 33.8 Å². The monoisotopic (exact) mass is 962 g/mol. The molecule has 0 spiro atoms. The van der Waals surface area contributed by atoms with Gasteiger partial charge in [0, 0.05) is 32.0 Å². The summed E-state index contributed by atoms with van der Waals surface area (Å²) in [5.41, 5.74) is 15.7. The molecule has 3 aromatic rings. The van der Waals surface area contributed by atoms with Gasteiger partial charge in [-0.15, -0.1) is 0 Å². The minimum atomic E-state index is -4.20. The number of benzene rings is 3. The van der Waals surface area contributed by atoms with E-state index < -0.39 is 94.3 Å². The fourth-order valence-electron chi connectivity index (χ4n) is 7.87. The molecule has 370 valence electrons. The molecule has 1 heterocycles. The van der Waals surface area contributed by atoms with Crippen LogP contribution in [-0.2, 0) is 63.0 Å². The molecule has 0 unspecified atom stereocenters. The molecule has 4 amide bonds. The van der Waals surface area contributed by atoms with Gasteiger partial charge >= 0.3 is 11.9 Å². The molecular formula is C48H66N8O11S. The Morgan fingerprint density at radius 1 is 0.882 bits per heavy atom. The van der Waals surface area contributed by atoms with Crippen molar-refractivity contribution >= 4 is 51.6 Å². The summed E-state index contributed by atoms with van der Waals surface area (Å²) in [5, 5.41) is 16.9. The van der Waals surface area contributed by atoms with Gasteiger partial charge in [0.15, 0.2) is 0 Å². The van der Waals surface area contributed by atoms with E-state index in [1.165, 1.54) is 11.9 Å². The van der Waals surface area contributed by atoms with Gasteiger partial charge in [-0.3, -0.25) is 33.8 Å². The molecule has 4 atom stereocenters. The van der Waals surface area contributed by atoms with E-state index in [0.29, 0.717) is 34.4 Å². The molecule has 68 heavy (non-hydrogen) atoms. The Morgan fingerprint density at radius 3 is 2.09 bits per heavy atom. The number of sulfonamides is 1. The SMILES string of the molecule is Cc1c(C)c(S(=O)(=O)NC(N)=NCCC[C@H](NC(=O)[C@H](CC(C)C)N(C)C(=O)[C@@H](Cc2ccccc2)NC(=O)[C@@H](N)CC(=O)OCc2ccccc2)C(=O)NCC(=O)O)c(C)c2c1OC(C)(C)C2. The third kappa shape index (κ3) is 15.2. The van der Waals surface area contributed by atoms with Crippen molar-refractivity contribution in [3.8, 4) is 5.75 Å². The number of ether oxygens (including phenoxy) is 2. The van der Waals surface area contributed by atoms with Crippen molar-refractivity contribution in [1.82, 2.24) is 25.6 Å². The van der Waals surface area contributed by atoms with Crippen LogP contribution in [0.4, 0.5) is 0 Å². The Kier molecular flexibility index (Phi) is 19.0. The van der Waals surface area contributed by atoms with E-state index in [2.05, 4.69) is 25.7 Å². The van der Waals surface area contributed by atoms with Crippen molar-refractivity contribution in [2.45, 2.75) is 128 Å². The van der Waals surface area contributed by atoms with Gasteiger partial charge in [0.25, 0.3) is 10.0 Å². The van der Waals surface area contributed by atoms with Crippen LogP contribution in [-0.4, -0.2) is 110 Å². The van der Waals surface area contributed by atoms with E-state index in [-0.39, 0.29) is 49.6 Å². The molecular weight excluding hydrogens is 897 g/mol. The van der Waals surface area contributed by atoms with Crippen LogP contribution in [0.1, 0.15) is 86.8 Å². The van der Waals surface area contributed by atoms with Crippen molar-refractivity contribution in [2.24, 2.45) is 22.4 Å². The van der Waals surface area contributed by atoms with E-state index in [4.69, 9.17) is 20.9 Å². The number of nitrogens with two attached hydrogens (primary N) is 2. The number of esters is 1. The van der Waals surface area contributed by atoms with Gasteiger partial charge in [-0.1, -0.05) is 74.5 Å². The molecule has 0 radical (unpaired) electrons. The predicted molar refractivity (Wildman–Crippen MR) is 255 cm³/mol. The Balaban J connectivity index is 1.48. The number of rotatable bonds is 23. The highest BCUT2D eigenvalue weighted by Gasteiger charge is 2.38. The average Bonchev–Trinajstić information content (AvgIpc) is 3.62. The molecule has 3 aromatic carbocycles. The molecule has 0 aromatic heterocycles. The van der Waals surface area contributed by atoms with E-state index in [0.717, 1.165) is 11.1 Å². The number of hydrogen-bond donors (Lipinski definition) is 7. The van der Waals surface area contributed by atoms with Crippen molar-refractivity contribution in [3.05, 3.63) is 94.0 Å². The summed E-state index contributed by atoms with van der Waals surface area (Å²) in [6, 6.07) is 12.6. The highest BCUT2D eigenvalue weighted by Crippen LogP contribution is 2.43. The summed E-state index contributed by atoms with van der Waals surface area (Å²) < 4.78 is 41.2. The number of carboxylic acids is 1. The minimum absolute atomic E-state index is 0.00353. The number of likely N-dealkylation sites (N-methyl/N-ethyl adjacent to an activating group) is 1. The number of nitrogens with zero attached hydrogens (tertiary/aromatic N) is 2. The first-order valence-corrected chi connectivity index (χ1v) is 23.9. The largest absolute Gasteiger partial charge is 0.487 e.